The van der Waals surface area contributed by atoms with Gasteiger partial charge in [0.05, 0.1) is 11.4 Å². The predicted octanol–water partition coefficient (Wildman–Crippen LogP) is 4.81. The van der Waals surface area contributed by atoms with E-state index in [4.69, 9.17) is 9.47 Å². The summed E-state index contributed by atoms with van der Waals surface area (Å²) in [5.41, 5.74) is 5.27. The fourth-order valence-electron chi connectivity index (χ4n) is 2.41. The molecule has 1 N–H and O–H groups in total. The highest BCUT2D eigenvalue weighted by Crippen LogP contribution is 2.36. The van der Waals surface area contributed by atoms with Gasteiger partial charge < -0.3 is 9.47 Å². The van der Waals surface area contributed by atoms with Crippen LogP contribution in [0.1, 0.15) is 19.4 Å². The normalized spacial score (nSPS) is 11.8. The van der Waals surface area contributed by atoms with E-state index >= 15 is 0 Å². The standard InChI is InChI=1S/C17H14N2O2.C2H6/c1-11-2-4-12(5-3-11)14-9-15(19-18-14)13-6-7-16-17(8-13)21-10-20-16;1-2/h2-9H,10H2,1H3,(H,18,19);1-2H3. The van der Waals surface area contributed by atoms with Crippen LogP contribution in [0.5, 0.6) is 11.5 Å². The van der Waals surface area contributed by atoms with Crippen molar-refractivity contribution in [3.63, 3.8) is 0 Å². The number of fused-ring (bicyclic) bond motifs is 1. The van der Waals surface area contributed by atoms with Gasteiger partial charge in [-0.2, -0.15) is 5.10 Å². The average molecular weight is 308 g/mol. The van der Waals surface area contributed by atoms with E-state index in [9.17, 15) is 0 Å². The monoisotopic (exact) mass is 308 g/mol. The molecule has 0 fully saturated rings. The maximum absolute atomic E-state index is 5.41. The molecule has 3 aromatic rings. The quantitative estimate of drug-likeness (QED) is 0.739. The van der Waals surface area contributed by atoms with E-state index in [1.54, 1.807) is 0 Å². The Bertz CT molecular complexity index is 791. The lowest BCUT2D eigenvalue weighted by atomic mass is 10.1. The van der Waals surface area contributed by atoms with Gasteiger partial charge in [0.1, 0.15) is 0 Å². The molecular formula is C19H20N2O2. The van der Waals surface area contributed by atoms with Crippen LogP contribution >= 0.6 is 0 Å². The summed E-state index contributed by atoms with van der Waals surface area (Å²) in [4.78, 5) is 0. The summed E-state index contributed by atoms with van der Waals surface area (Å²) in [7, 11) is 0. The molecule has 0 spiro atoms. The maximum Gasteiger partial charge on any atom is 0.231 e. The van der Waals surface area contributed by atoms with E-state index < -0.39 is 0 Å². The van der Waals surface area contributed by atoms with Crippen LogP contribution in [-0.4, -0.2) is 17.0 Å². The maximum atomic E-state index is 5.41. The fourth-order valence-corrected chi connectivity index (χ4v) is 2.41. The van der Waals surface area contributed by atoms with Gasteiger partial charge in [-0.3, -0.25) is 5.10 Å². The molecule has 1 aromatic heterocycles. The van der Waals surface area contributed by atoms with Gasteiger partial charge in [-0.15, -0.1) is 0 Å². The smallest absolute Gasteiger partial charge is 0.231 e. The van der Waals surface area contributed by atoms with Crippen molar-refractivity contribution in [3.05, 3.63) is 54.1 Å². The van der Waals surface area contributed by atoms with Gasteiger partial charge in [-0.05, 0) is 36.8 Å². The van der Waals surface area contributed by atoms with E-state index in [-0.39, 0.29) is 6.79 Å². The Morgan fingerprint density at radius 3 is 2.35 bits per heavy atom. The summed E-state index contributed by atoms with van der Waals surface area (Å²) < 4.78 is 10.7. The highest BCUT2D eigenvalue weighted by molar-refractivity contribution is 5.70. The molecular weight excluding hydrogens is 288 g/mol. The van der Waals surface area contributed by atoms with Crippen molar-refractivity contribution in [3.8, 4) is 34.0 Å². The lowest BCUT2D eigenvalue weighted by Crippen LogP contribution is -1.92. The zero-order chi connectivity index (χ0) is 16.2. The van der Waals surface area contributed by atoms with E-state index in [0.717, 1.165) is 34.0 Å². The first-order chi connectivity index (χ1) is 11.3. The third kappa shape index (κ3) is 3.06. The number of nitrogens with zero attached hydrogens (tertiary/aromatic N) is 1. The van der Waals surface area contributed by atoms with Gasteiger partial charge in [-0.25, -0.2) is 0 Å². The molecule has 118 valence electrons. The second kappa shape index (κ2) is 6.57. The number of nitrogens with one attached hydrogen (secondary N) is 1. The molecule has 0 bridgehead atoms. The van der Waals surface area contributed by atoms with E-state index in [1.165, 1.54) is 5.56 Å². The van der Waals surface area contributed by atoms with Gasteiger partial charge in [0.15, 0.2) is 11.5 Å². The SMILES string of the molecule is CC.Cc1ccc(-c2cc(-c3ccc4c(c3)OCO4)n[nH]2)cc1. The number of aromatic amines is 1. The molecule has 2 heterocycles. The van der Waals surface area contributed by atoms with Crippen molar-refractivity contribution in [2.75, 3.05) is 6.79 Å². The number of rotatable bonds is 2. The second-order valence-corrected chi connectivity index (χ2v) is 5.10. The molecule has 0 radical (unpaired) electrons. The van der Waals surface area contributed by atoms with Crippen LogP contribution in [0.15, 0.2) is 48.5 Å². The zero-order valence-corrected chi connectivity index (χ0v) is 13.6. The summed E-state index contributed by atoms with van der Waals surface area (Å²) in [6.07, 6.45) is 0. The molecule has 0 saturated carbocycles. The topological polar surface area (TPSA) is 47.1 Å². The van der Waals surface area contributed by atoms with Gasteiger partial charge in [0.2, 0.25) is 6.79 Å². The number of ether oxygens (including phenoxy) is 2. The summed E-state index contributed by atoms with van der Waals surface area (Å²) in [6.45, 7) is 6.36. The Morgan fingerprint density at radius 2 is 1.57 bits per heavy atom. The number of aromatic nitrogens is 2. The van der Waals surface area contributed by atoms with E-state index in [2.05, 4.69) is 41.4 Å². The highest BCUT2D eigenvalue weighted by atomic mass is 16.7. The van der Waals surface area contributed by atoms with Crippen LogP contribution in [-0.2, 0) is 0 Å². The van der Waals surface area contributed by atoms with Gasteiger partial charge >= 0.3 is 0 Å². The van der Waals surface area contributed by atoms with Crippen molar-refractivity contribution in [2.24, 2.45) is 0 Å². The van der Waals surface area contributed by atoms with Gasteiger partial charge in [0.25, 0.3) is 0 Å². The zero-order valence-electron chi connectivity index (χ0n) is 13.6. The molecule has 23 heavy (non-hydrogen) atoms. The average Bonchev–Trinajstić information content (AvgIpc) is 3.26. The van der Waals surface area contributed by atoms with Crippen molar-refractivity contribution in [1.29, 1.82) is 0 Å². The van der Waals surface area contributed by atoms with Crippen LogP contribution in [0.25, 0.3) is 22.5 Å². The number of aryl methyl sites for hydroxylation is 1. The first-order valence-electron chi connectivity index (χ1n) is 7.82. The molecule has 0 unspecified atom stereocenters. The van der Waals surface area contributed by atoms with Crippen molar-refractivity contribution < 1.29 is 9.47 Å². The molecule has 1 aliphatic heterocycles. The third-order valence-electron chi connectivity index (χ3n) is 3.61. The van der Waals surface area contributed by atoms with Crippen molar-refractivity contribution in [1.82, 2.24) is 10.2 Å². The number of benzene rings is 2. The van der Waals surface area contributed by atoms with Crippen LogP contribution in [0.3, 0.4) is 0 Å². The Morgan fingerprint density at radius 1 is 0.870 bits per heavy atom. The van der Waals surface area contributed by atoms with E-state index in [1.807, 2.05) is 38.1 Å². The minimum Gasteiger partial charge on any atom is -0.454 e. The predicted molar refractivity (Wildman–Crippen MR) is 91.7 cm³/mol. The molecule has 0 aliphatic carbocycles. The lowest BCUT2D eigenvalue weighted by Gasteiger charge is -1.99. The third-order valence-corrected chi connectivity index (χ3v) is 3.61. The number of H-pyrrole nitrogens is 1. The van der Waals surface area contributed by atoms with Crippen LogP contribution in [0.4, 0.5) is 0 Å². The molecule has 0 amide bonds. The molecule has 0 saturated heterocycles. The Balaban J connectivity index is 0.000000753. The summed E-state index contributed by atoms with van der Waals surface area (Å²) in [5.74, 6) is 1.56. The first kappa shape index (κ1) is 15.2. The summed E-state index contributed by atoms with van der Waals surface area (Å²) in [6, 6.07) is 16.3. The lowest BCUT2D eigenvalue weighted by molar-refractivity contribution is 0.174. The van der Waals surface area contributed by atoms with Gasteiger partial charge in [0, 0.05) is 5.56 Å². The second-order valence-electron chi connectivity index (χ2n) is 5.10. The molecule has 4 nitrogen and oxygen atoms in total. The Kier molecular flexibility index (Phi) is 4.33. The largest absolute Gasteiger partial charge is 0.454 e. The summed E-state index contributed by atoms with van der Waals surface area (Å²) >= 11 is 0. The van der Waals surface area contributed by atoms with Crippen LogP contribution in [0, 0.1) is 6.92 Å². The van der Waals surface area contributed by atoms with Crippen molar-refractivity contribution >= 4 is 0 Å². The minimum atomic E-state index is 0.286. The Hall–Kier alpha value is -2.75. The molecule has 2 aromatic carbocycles. The molecule has 1 aliphatic rings. The Labute approximate surface area is 136 Å². The van der Waals surface area contributed by atoms with E-state index in [0.29, 0.717) is 0 Å². The molecule has 4 rings (SSSR count). The van der Waals surface area contributed by atoms with Crippen LogP contribution < -0.4 is 9.47 Å². The molecule has 4 heteroatoms. The molecule has 0 atom stereocenters. The summed E-state index contributed by atoms with van der Waals surface area (Å²) in [5, 5.41) is 7.48. The number of hydrogen-bond acceptors (Lipinski definition) is 3. The number of hydrogen-bond donors (Lipinski definition) is 1. The first-order valence-corrected chi connectivity index (χ1v) is 7.82. The minimum absolute atomic E-state index is 0.286. The fraction of sp³-hybridized carbons (Fsp3) is 0.211. The van der Waals surface area contributed by atoms with Crippen LogP contribution in [0.2, 0.25) is 0 Å². The highest BCUT2D eigenvalue weighted by Gasteiger charge is 2.15. The van der Waals surface area contributed by atoms with Gasteiger partial charge in [-0.1, -0.05) is 43.7 Å². The van der Waals surface area contributed by atoms with Crippen molar-refractivity contribution in [2.45, 2.75) is 20.8 Å².